The quantitative estimate of drug-likeness (QED) is 0.810. The summed E-state index contributed by atoms with van der Waals surface area (Å²) < 4.78 is 14.0. The lowest BCUT2D eigenvalue weighted by Crippen LogP contribution is -2.26. The molecule has 19 heavy (non-hydrogen) atoms. The number of hydrogen-bond donors (Lipinski definition) is 1. The smallest absolute Gasteiger partial charge is 0.129 e. The van der Waals surface area contributed by atoms with E-state index in [0.29, 0.717) is 18.4 Å². The van der Waals surface area contributed by atoms with Crippen molar-refractivity contribution >= 4 is 5.69 Å². The minimum absolute atomic E-state index is 0.121. The molecule has 0 amide bonds. The number of nitrogens with zero attached hydrogens (tertiary/aromatic N) is 1. The Kier molecular flexibility index (Phi) is 6.29. The number of hydrogen-bond acceptors (Lipinski definition) is 2. The van der Waals surface area contributed by atoms with Crippen molar-refractivity contribution in [1.29, 1.82) is 0 Å². The summed E-state index contributed by atoms with van der Waals surface area (Å²) in [5.41, 5.74) is 1.76. The van der Waals surface area contributed by atoms with Crippen LogP contribution in [0.3, 0.4) is 0 Å². The third-order valence-electron chi connectivity index (χ3n) is 3.00. The number of halogens is 1. The van der Waals surface area contributed by atoms with Gasteiger partial charge >= 0.3 is 0 Å². The standard InChI is InChI=1S/C16H27FN2/c1-12(2)9-18-10-14-15(17)7-6-8-16(14)19(5)11-13(3)4/h6-8,12-13,18H,9-11H2,1-5H3. The van der Waals surface area contributed by atoms with Crippen LogP contribution in [0.15, 0.2) is 18.2 Å². The molecule has 0 aliphatic carbocycles. The first-order valence-electron chi connectivity index (χ1n) is 7.11. The molecule has 0 saturated heterocycles. The van der Waals surface area contributed by atoms with Gasteiger partial charge in [-0.25, -0.2) is 4.39 Å². The van der Waals surface area contributed by atoms with Crippen molar-refractivity contribution in [2.75, 3.05) is 25.0 Å². The highest BCUT2D eigenvalue weighted by Crippen LogP contribution is 2.23. The van der Waals surface area contributed by atoms with Crippen molar-refractivity contribution in [3.63, 3.8) is 0 Å². The van der Waals surface area contributed by atoms with Gasteiger partial charge in [0.15, 0.2) is 0 Å². The van der Waals surface area contributed by atoms with Gasteiger partial charge in [0.05, 0.1) is 0 Å². The minimum atomic E-state index is -0.121. The van der Waals surface area contributed by atoms with E-state index in [1.54, 1.807) is 12.1 Å². The predicted octanol–water partition coefficient (Wildman–Crippen LogP) is 3.66. The predicted molar refractivity (Wildman–Crippen MR) is 81.1 cm³/mol. The third kappa shape index (κ3) is 5.19. The lowest BCUT2D eigenvalue weighted by atomic mass is 10.1. The Morgan fingerprint density at radius 1 is 1.16 bits per heavy atom. The molecule has 0 aromatic heterocycles. The zero-order valence-electron chi connectivity index (χ0n) is 12.8. The van der Waals surface area contributed by atoms with Gasteiger partial charge in [0, 0.05) is 31.4 Å². The van der Waals surface area contributed by atoms with Gasteiger partial charge in [0.2, 0.25) is 0 Å². The average Bonchev–Trinajstić information content (AvgIpc) is 2.29. The van der Waals surface area contributed by atoms with Gasteiger partial charge in [-0.15, -0.1) is 0 Å². The van der Waals surface area contributed by atoms with Gasteiger partial charge in [-0.1, -0.05) is 33.8 Å². The Balaban J connectivity index is 2.82. The molecule has 1 rings (SSSR count). The van der Waals surface area contributed by atoms with Crippen LogP contribution in [0.4, 0.5) is 10.1 Å². The zero-order chi connectivity index (χ0) is 14.4. The molecular weight excluding hydrogens is 239 g/mol. The van der Waals surface area contributed by atoms with Gasteiger partial charge in [0.1, 0.15) is 5.82 Å². The van der Waals surface area contributed by atoms with Crippen LogP contribution in [0.5, 0.6) is 0 Å². The van der Waals surface area contributed by atoms with E-state index in [-0.39, 0.29) is 5.82 Å². The molecule has 0 aliphatic heterocycles. The molecule has 0 heterocycles. The van der Waals surface area contributed by atoms with E-state index < -0.39 is 0 Å². The molecule has 0 bridgehead atoms. The van der Waals surface area contributed by atoms with Gasteiger partial charge in [-0.3, -0.25) is 0 Å². The summed E-state index contributed by atoms with van der Waals surface area (Å²) in [7, 11) is 2.03. The fourth-order valence-corrected chi connectivity index (χ4v) is 2.21. The molecule has 1 N–H and O–H groups in total. The SMILES string of the molecule is CC(C)CNCc1c(F)cccc1N(C)CC(C)C. The lowest BCUT2D eigenvalue weighted by Gasteiger charge is -2.25. The number of anilines is 1. The monoisotopic (exact) mass is 266 g/mol. The number of rotatable bonds is 7. The van der Waals surface area contributed by atoms with Crippen LogP contribution in [0.2, 0.25) is 0 Å². The van der Waals surface area contributed by atoms with Crippen LogP contribution >= 0.6 is 0 Å². The summed E-state index contributed by atoms with van der Waals surface area (Å²) in [5.74, 6) is 1.01. The fraction of sp³-hybridized carbons (Fsp3) is 0.625. The molecule has 2 nitrogen and oxygen atoms in total. The summed E-state index contributed by atoms with van der Waals surface area (Å²) in [6, 6.07) is 5.32. The second-order valence-corrected chi connectivity index (χ2v) is 6.04. The van der Waals surface area contributed by atoms with Gasteiger partial charge in [0.25, 0.3) is 0 Å². The third-order valence-corrected chi connectivity index (χ3v) is 3.00. The van der Waals surface area contributed by atoms with Gasteiger partial charge in [-0.2, -0.15) is 0 Å². The average molecular weight is 266 g/mol. The van der Waals surface area contributed by atoms with E-state index in [1.165, 1.54) is 0 Å². The van der Waals surface area contributed by atoms with Crippen molar-refractivity contribution in [1.82, 2.24) is 5.32 Å². The van der Waals surface area contributed by atoms with Crippen molar-refractivity contribution < 1.29 is 4.39 Å². The Hall–Kier alpha value is -1.09. The maximum Gasteiger partial charge on any atom is 0.129 e. The van der Waals surface area contributed by atoms with Crippen molar-refractivity contribution in [3.05, 3.63) is 29.6 Å². The topological polar surface area (TPSA) is 15.3 Å². The molecule has 0 aliphatic rings. The number of benzene rings is 1. The highest BCUT2D eigenvalue weighted by atomic mass is 19.1. The maximum absolute atomic E-state index is 14.0. The fourth-order valence-electron chi connectivity index (χ4n) is 2.21. The normalized spacial score (nSPS) is 11.4. The Bertz CT molecular complexity index is 388. The molecule has 1 aromatic rings. The minimum Gasteiger partial charge on any atom is -0.374 e. The second kappa shape index (κ2) is 7.49. The Morgan fingerprint density at radius 3 is 2.42 bits per heavy atom. The Labute approximate surface area is 117 Å². The highest BCUT2D eigenvalue weighted by Gasteiger charge is 2.12. The molecule has 0 spiro atoms. The van der Waals surface area contributed by atoms with Crippen molar-refractivity contribution in [2.45, 2.75) is 34.2 Å². The van der Waals surface area contributed by atoms with Crippen LogP contribution in [-0.2, 0) is 6.54 Å². The molecule has 1 aromatic carbocycles. The molecular formula is C16H27FN2. The second-order valence-electron chi connectivity index (χ2n) is 6.04. The van der Waals surface area contributed by atoms with Crippen LogP contribution < -0.4 is 10.2 Å². The lowest BCUT2D eigenvalue weighted by molar-refractivity contribution is 0.533. The van der Waals surface area contributed by atoms with Gasteiger partial charge < -0.3 is 10.2 Å². The van der Waals surface area contributed by atoms with E-state index in [1.807, 2.05) is 13.1 Å². The molecule has 0 saturated carbocycles. The van der Waals surface area contributed by atoms with E-state index in [0.717, 1.165) is 24.3 Å². The van der Waals surface area contributed by atoms with Crippen molar-refractivity contribution in [3.8, 4) is 0 Å². The summed E-state index contributed by atoms with van der Waals surface area (Å²) in [6.45, 7) is 11.1. The summed E-state index contributed by atoms with van der Waals surface area (Å²) in [6.07, 6.45) is 0. The molecule has 108 valence electrons. The van der Waals surface area contributed by atoms with Crippen LogP contribution in [0.25, 0.3) is 0 Å². The maximum atomic E-state index is 14.0. The first kappa shape index (κ1) is 16.0. The van der Waals surface area contributed by atoms with E-state index in [4.69, 9.17) is 0 Å². The molecule has 3 heteroatoms. The molecule has 0 fully saturated rings. The Morgan fingerprint density at radius 2 is 1.84 bits per heavy atom. The molecule has 0 unspecified atom stereocenters. The molecule has 0 atom stereocenters. The highest BCUT2D eigenvalue weighted by molar-refractivity contribution is 5.53. The summed E-state index contributed by atoms with van der Waals surface area (Å²) in [4.78, 5) is 2.14. The summed E-state index contributed by atoms with van der Waals surface area (Å²) in [5, 5.41) is 3.32. The van der Waals surface area contributed by atoms with E-state index in [2.05, 4.69) is 37.9 Å². The van der Waals surface area contributed by atoms with Crippen molar-refractivity contribution in [2.24, 2.45) is 11.8 Å². The van der Waals surface area contributed by atoms with Gasteiger partial charge in [-0.05, 0) is 30.5 Å². The van der Waals surface area contributed by atoms with E-state index in [9.17, 15) is 4.39 Å². The molecule has 0 radical (unpaired) electrons. The largest absolute Gasteiger partial charge is 0.374 e. The van der Waals surface area contributed by atoms with Crippen LogP contribution in [0, 0.1) is 17.7 Å². The van der Waals surface area contributed by atoms with E-state index >= 15 is 0 Å². The zero-order valence-corrected chi connectivity index (χ0v) is 12.8. The van der Waals surface area contributed by atoms with Crippen LogP contribution in [0.1, 0.15) is 33.3 Å². The number of nitrogens with one attached hydrogen (secondary N) is 1. The first-order valence-corrected chi connectivity index (χ1v) is 7.11. The van der Waals surface area contributed by atoms with Crippen LogP contribution in [-0.4, -0.2) is 20.1 Å². The first-order chi connectivity index (χ1) is 8.91. The summed E-state index contributed by atoms with van der Waals surface area (Å²) >= 11 is 0.